The van der Waals surface area contributed by atoms with Gasteiger partial charge in [-0.15, -0.1) is 11.3 Å². The Balaban J connectivity index is 2.95. The van der Waals surface area contributed by atoms with Crippen LogP contribution < -0.4 is 4.72 Å². The van der Waals surface area contributed by atoms with E-state index in [0.717, 1.165) is 6.07 Å². The number of nitro groups is 1. The Hall–Kier alpha value is -0.740. The summed E-state index contributed by atoms with van der Waals surface area (Å²) in [6.45, 7) is 2.22. The van der Waals surface area contributed by atoms with Crippen LogP contribution in [0.1, 0.15) is 6.92 Å². The Labute approximate surface area is 120 Å². The van der Waals surface area contributed by atoms with Crippen LogP contribution in [0, 0.1) is 10.1 Å². The van der Waals surface area contributed by atoms with Gasteiger partial charge in [0.05, 0.1) is 4.92 Å². The number of hydrogen-bond donors (Lipinski definition) is 1. The van der Waals surface area contributed by atoms with E-state index in [2.05, 4.69) is 4.72 Å². The van der Waals surface area contributed by atoms with Crippen LogP contribution in [0.25, 0.3) is 0 Å². The third-order valence-electron chi connectivity index (χ3n) is 2.10. The Morgan fingerprint density at radius 1 is 1.58 bits per heavy atom. The van der Waals surface area contributed by atoms with Crippen molar-refractivity contribution in [2.45, 2.75) is 17.2 Å². The summed E-state index contributed by atoms with van der Waals surface area (Å²) in [5, 5.41) is 10.6. The quantitative estimate of drug-likeness (QED) is 0.632. The summed E-state index contributed by atoms with van der Waals surface area (Å²) in [4.78, 5) is 11.8. The van der Waals surface area contributed by atoms with Crippen LogP contribution in [0.2, 0.25) is 4.34 Å². The normalized spacial score (nSPS) is 13.7. The van der Waals surface area contributed by atoms with Gasteiger partial charge < -0.3 is 4.90 Å². The first-order chi connectivity index (χ1) is 8.63. The van der Waals surface area contributed by atoms with Crippen LogP contribution in [0.15, 0.2) is 10.3 Å². The lowest BCUT2D eigenvalue weighted by atomic mass is 10.3. The van der Waals surface area contributed by atoms with Crippen LogP contribution in [0.5, 0.6) is 0 Å². The van der Waals surface area contributed by atoms with Gasteiger partial charge in [0.2, 0.25) is 0 Å². The van der Waals surface area contributed by atoms with Crippen LogP contribution >= 0.6 is 22.9 Å². The maximum atomic E-state index is 12.0. The zero-order valence-electron chi connectivity index (χ0n) is 10.6. The lowest BCUT2D eigenvalue weighted by Crippen LogP contribution is -2.39. The maximum absolute atomic E-state index is 12.0. The van der Waals surface area contributed by atoms with E-state index in [1.165, 1.54) is 0 Å². The second-order valence-corrected chi connectivity index (χ2v) is 7.86. The van der Waals surface area contributed by atoms with Gasteiger partial charge in [0.15, 0.2) is 4.34 Å². The number of nitrogens with one attached hydrogen (secondary N) is 1. The molecule has 0 aliphatic rings. The van der Waals surface area contributed by atoms with E-state index in [1.54, 1.807) is 6.92 Å². The summed E-state index contributed by atoms with van der Waals surface area (Å²) in [5.41, 5.74) is -0.396. The minimum atomic E-state index is -3.79. The summed E-state index contributed by atoms with van der Waals surface area (Å²) in [6.07, 6.45) is 0. The van der Waals surface area contributed by atoms with Gasteiger partial charge in [0, 0.05) is 18.7 Å². The van der Waals surface area contributed by atoms with Gasteiger partial charge >= 0.3 is 0 Å². The third-order valence-corrected chi connectivity index (χ3v) is 5.50. The second kappa shape index (κ2) is 6.14. The number of nitrogens with zero attached hydrogens (tertiary/aromatic N) is 2. The fourth-order valence-corrected chi connectivity index (χ4v) is 4.42. The molecular formula is C9H14ClN3O4S2. The van der Waals surface area contributed by atoms with Crippen molar-refractivity contribution in [2.75, 3.05) is 20.6 Å². The smallest absolute Gasteiger partial charge is 0.300 e. The van der Waals surface area contributed by atoms with Crippen LogP contribution in [-0.4, -0.2) is 44.9 Å². The molecule has 0 amide bonds. The molecule has 0 saturated carbocycles. The van der Waals surface area contributed by atoms with E-state index in [0.29, 0.717) is 17.9 Å². The molecule has 1 rings (SSSR count). The number of sulfonamides is 1. The number of likely N-dealkylation sites (N-methyl/N-ethyl adjacent to an activating group) is 1. The van der Waals surface area contributed by atoms with Gasteiger partial charge in [-0.05, 0) is 21.0 Å². The first-order valence-corrected chi connectivity index (χ1v) is 7.92. The van der Waals surface area contributed by atoms with Crippen molar-refractivity contribution >= 4 is 38.6 Å². The molecule has 0 radical (unpaired) electrons. The highest BCUT2D eigenvalue weighted by Crippen LogP contribution is 2.36. The topological polar surface area (TPSA) is 92.6 Å². The molecule has 0 bridgehead atoms. The van der Waals surface area contributed by atoms with Crippen LogP contribution in [0.4, 0.5) is 5.69 Å². The van der Waals surface area contributed by atoms with E-state index < -0.39 is 20.6 Å². The highest BCUT2D eigenvalue weighted by atomic mass is 35.5. The lowest BCUT2D eigenvalue weighted by molar-refractivity contribution is -0.384. The molecule has 1 aromatic heterocycles. The standard InChI is InChI=1S/C9H14ClN3O4S2/c1-6(5-12(2)3)11-19(16,17)8-4-7(13(14)15)9(10)18-8/h4,6,11H,5H2,1-3H3. The zero-order chi connectivity index (χ0) is 14.8. The molecule has 0 saturated heterocycles. The average molecular weight is 328 g/mol. The first kappa shape index (κ1) is 16.3. The zero-order valence-corrected chi connectivity index (χ0v) is 13.0. The molecule has 10 heteroatoms. The maximum Gasteiger partial charge on any atom is 0.300 e. The SMILES string of the molecule is CC(CN(C)C)NS(=O)(=O)c1cc([N+](=O)[O-])c(Cl)s1. The average Bonchev–Trinajstić information content (AvgIpc) is 2.58. The fourth-order valence-electron chi connectivity index (χ4n) is 1.50. The van der Waals surface area contributed by atoms with Crippen molar-refractivity contribution < 1.29 is 13.3 Å². The summed E-state index contributed by atoms with van der Waals surface area (Å²) in [6, 6.07) is 0.650. The van der Waals surface area contributed by atoms with Gasteiger partial charge in [0.1, 0.15) is 4.21 Å². The molecule has 108 valence electrons. The minimum absolute atomic E-state index is 0.148. The van der Waals surface area contributed by atoms with Gasteiger partial charge in [-0.2, -0.15) is 0 Å². The monoisotopic (exact) mass is 327 g/mol. The molecule has 0 fully saturated rings. The number of rotatable bonds is 6. The first-order valence-electron chi connectivity index (χ1n) is 5.24. The Bertz CT molecular complexity index is 570. The van der Waals surface area contributed by atoms with Gasteiger partial charge in [-0.3, -0.25) is 10.1 Å². The number of thiophene rings is 1. The van der Waals surface area contributed by atoms with Gasteiger partial charge in [-0.1, -0.05) is 11.6 Å². The van der Waals surface area contributed by atoms with Crippen molar-refractivity contribution in [1.82, 2.24) is 9.62 Å². The molecule has 19 heavy (non-hydrogen) atoms. The third kappa shape index (κ3) is 4.39. The minimum Gasteiger partial charge on any atom is -0.308 e. The Kier molecular flexibility index (Phi) is 5.27. The second-order valence-electron chi connectivity index (χ2n) is 4.27. The van der Waals surface area contributed by atoms with E-state index in [9.17, 15) is 18.5 Å². The van der Waals surface area contributed by atoms with Crippen molar-refractivity contribution in [1.29, 1.82) is 0 Å². The van der Waals surface area contributed by atoms with Crippen LogP contribution in [0.3, 0.4) is 0 Å². The molecular weight excluding hydrogens is 314 g/mol. The largest absolute Gasteiger partial charge is 0.308 e. The molecule has 7 nitrogen and oxygen atoms in total. The molecule has 1 unspecified atom stereocenters. The molecule has 1 atom stereocenters. The number of halogens is 1. The molecule has 1 heterocycles. The van der Waals surface area contributed by atoms with E-state index in [-0.39, 0.29) is 14.6 Å². The highest BCUT2D eigenvalue weighted by molar-refractivity contribution is 7.91. The Morgan fingerprint density at radius 2 is 2.16 bits per heavy atom. The fraction of sp³-hybridized carbons (Fsp3) is 0.556. The van der Waals surface area contributed by atoms with Crippen molar-refractivity contribution in [2.24, 2.45) is 0 Å². The molecule has 0 aromatic carbocycles. The summed E-state index contributed by atoms with van der Waals surface area (Å²) in [5.74, 6) is 0. The molecule has 1 aromatic rings. The predicted octanol–water partition coefficient (Wildman–Crippen LogP) is 1.54. The van der Waals surface area contributed by atoms with Crippen molar-refractivity contribution in [3.8, 4) is 0 Å². The molecule has 0 aliphatic carbocycles. The highest BCUT2D eigenvalue weighted by Gasteiger charge is 2.26. The lowest BCUT2D eigenvalue weighted by Gasteiger charge is -2.17. The van der Waals surface area contributed by atoms with E-state index in [4.69, 9.17) is 11.6 Å². The molecule has 0 aliphatic heterocycles. The molecule has 1 N–H and O–H groups in total. The van der Waals surface area contributed by atoms with Crippen molar-refractivity contribution in [3.05, 3.63) is 20.5 Å². The van der Waals surface area contributed by atoms with Crippen LogP contribution in [-0.2, 0) is 10.0 Å². The van der Waals surface area contributed by atoms with Gasteiger partial charge in [-0.25, -0.2) is 13.1 Å². The van der Waals surface area contributed by atoms with Gasteiger partial charge in [0.25, 0.3) is 15.7 Å². The summed E-state index contributed by atoms with van der Waals surface area (Å²) >= 11 is 6.31. The summed E-state index contributed by atoms with van der Waals surface area (Å²) in [7, 11) is -0.153. The Morgan fingerprint density at radius 3 is 2.58 bits per heavy atom. The van der Waals surface area contributed by atoms with E-state index >= 15 is 0 Å². The summed E-state index contributed by atoms with van der Waals surface area (Å²) < 4.78 is 26.2. The predicted molar refractivity (Wildman–Crippen MR) is 74.3 cm³/mol. The van der Waals surface area contributed by atoms with Crippen molar-refractivity contribution in [3.63, 3.8) is 0 Å². The van der Waals surface area contributed by atoms with E-state index in [1.807, 2.05) is 19.0 Å². The number of hydrogen-bond acceptors (Lipinski definition) is 6. The molecule has 0 spiro atoms.